The molecule has 0 saturated heterocycles. The lowest BCUT2D eigenvalue weighted by atomic mass is 10.0. The lowest BCUT2D eigenvalue weighted by Gasteiger charge is -2.03. The topological polar surface area (TPSA) is 24.9 Å². The average Bonchev–Trinajstić information content (AvgIpc) is 3.13. The summed E-state index contributed by atoms with van der Waals surface area (Å²) in [6.07, 6.45) is 0. The SMILES string of the molecule is Cc1ccc(Nc2nc(-c3ccc(-c4ccccc4)cc3)cs2)cc1. The zero-order chi connectivity index (χ0) is 17.1. The van der Waals surface area contributed by atoms with Crippen molar-refractivity contribution >= 4 is 22.2 Å². The first kappa shape index (κ1) is 15.6. The van der Waals surface area contributed by atoms with Crippen molar-refractivity contribution in [3.63, 3.8) is 0 Å². The van der Waals surface area contributed by atoms with E-state index in [0.717, 1.165) is 22.1 Å². The van der Waals surface area contributed by atoms with E-state index >= 15 is 0 Å². The highest BCUT2D eigenvalue weighted by Gasteiger charge is 2.06. The van der Waals surface area contributed by atoms with Gasteiger partial charge >= 0.3 is 0 Å². The minimum atomic E-state index is 0.908. The summed E-state index contributed by atoms with van der Waals surface area (Å²) in [5, 5.41) is 6.37. The van der Waals surface area contributed by atoms with Crippen molar-refractivity contribution in [2.45, 2.75) is 6.92 Å². The minimum Gasteiger partial charge on any atom is -0.332 e. The van der Waals surface area contributed by atoms with Gasteiger partial charge < -0.3 is 5.32 Å². The number of rotatable bonds is 4. The van der Waals surface area contributed by atoms with Gasteiger partial charge in [-0.15, -0.1) is 11.3 Å². The Bertz CT molecular complexity index is 955. The van der Waals surface area contributed by atoms with Gasteiger partial charge in [0, 0.05) is 16.6 Å². The molecule has 0 amide bonds. The predicted octanol–water partition coefficient (Wildman–Crippen LogP) is 6.53. The van der Waals surface area contributed by atoms with Crippen LogP contribution in [-0.2, 0) is 0 Å². The molecule has 4 rings (SSSR count). The van der Waals surface area contributed by atoms with Crippen LogP contribution in [0, 0.1) is 6.92 Å². The van der Waals surface area contributed by atoms with Gasteiger partial charge in [0.15, 0.2) is 5.13 Å². The van der Waals surface area contributed by atoms with Gasteiger partial charge in [-0.25, -0.2) is 4.98 Å². The number of benzene rings is 3. The minimum absolute atomic E-state index is 0.908. The standard InChI is InChI=1S/C22H18N2S/c1-16-7-13-20(14-8-16)23-22-24-21(15-25-22)19-11-9-18(10-12-19)17-5-3-2-4-6-17/h2-15H,1H3,(H,23,24). The van der Waals surface area contributed by atoms with E-state index in [1.54, 1.807) is 11.3 Å². The van der Waals surface area contributed by atoms with Crippen molar-refractivity contribution in [2.75, 3.05) is 5.32 Å². The average molecular weight is 342 g/mol. The van der Waals surface area contributed by atoms with Crippen LogP contribution >= 0.6 is 11.3 Å². The summed E-state index contributed by atoms with van der Waals surface area (Å²) in [5.74, 6) is 0. The second-order valence-electron chi connectivity index (χ2n) is 5.97. The highest BCUT2D eigenvalue weighted by molar-refractivity contribution is 7.14. The van der Waals surface area contributed by atoms with Gasteiger partial charge in [-0.05, 0) is 30.2 Å². The molecule has 0 saturated carbocycles. The molecule has 0 radical (unpaired) electrons. The van der Waals surface area contributed by atoms with Crippen LogP contribution in [0.1, 0.15) is 5.56 Å². The molecule has 1 N–H and O–H groups in total. The Kier molecular flexibility index (Phi) is 4.32. The molecule has 122 valence electrons. The molecule has 0 atom stereocenters. The smallest absolute Gasteiger partial charge is 0.187 e. The normalized spacial score (nSPS) is 10.6. The highest BCUT2D eigenvalue weighted by atomic mass is 32.1. The van der Waals surface area contributed by atoms with Crippen molar-refractivity contribution in [2.24, 2.45) is 0 Å². The highest BCUT2D eigenvalue weighted by Crippen LogP contribution is 2.29. The summed E-state index contributed by atoms with van der Waals surface area (Å²) in [5.41, 5.74) is 6.90. The summed E-state index contributed by atoms with van der Waals surface area (Å²) in [6, 6.07) is 27.3. The maximum Gasteiger partial charge on any atom is 0.187 e. The molecule has 0 aliphatic rings. The Balaban J connectivity index is 1.52. The van der Waals surface area contributed by atoms with Crippen molar-refractivity contribution in [1.29, 1.82) is 0 Å². The Morgan fingerprint density at radius 3 is 2.08 bits per heavy atom. The number of aryl methyl sites for hydroxylation is 1. The third kappa shape index (κ3) is 3.62. The molecule has 3 aromatic carbocycles. The third-order valence-corrected chi connectivity index (χ3v) is 4.85. The maximum atomic E-state index is 4.71. The Hall–Kier alpha value is -2.91. The largest absolute Gasteiger partial charge is 0.332 e. The molecule has 1 heterocycles. The maximum absolute atomic E-state index is 4.71. The molecule has 0 fully saturated rings. The molecule has 0 unspecified atom stereocenters. The van der Waals surface area contributed by atoms with E-state index < -0.39 is 0 Å². The number of hydrogen-bond donors (Lipinski definition) is 1. The first-order valence-electron chi connectivity index (χ1n) is 8.23. The molecule has 3 heteroatoms. The van der Waals surface area contributed by atoms with Gasteiger partial charge in [-0.3, -0.25) is 0 Å². The molecule has 0 aliphatic carbocycles. The van der Waals surface area contributed by atoms with Crippen LogP contribution in [-0.4, -0.2) is 4.98 Å². The summed E-state index contributed by atoms with van der Waals surface area (Å²) >= 11 is 1.62. The van der Waals surface area contributed by atoms with Crippen LogP contribution in [0.4, 0.5) is 10.8 Å². The predicted molar refractivity (Wildman–Crippen MR) is 107 cm³/mol. The fourth-order valence-corrected chi connectivity index (χ4v) is 3.43. The van der Waals surface area contributed by atoms with E-state index in [4.69, 9.17) is 4.98 Å². The van der Waals surface area contributed by atoms with Crippen LogP contribution in [0.2, 0.25) is 0 Å². The van der Waals surface area contributed by atoms with Crippen molar-refractivity contribution in [3.8, 4) is 22.4 Å². The van der Waals surface area contributed by atoms with Gasteiger partial charge in [-0.2, -0.15) is 0 Å². The van der Waals surface area contributed by atoms with Gasteiger partial charge in [0.05, 0.1) is 5.69 Å². The third-order valence-electron chi connectivity index (χ3n) is 4.09. The lowest BCUT2D eigenvalue weighted by molar-refractivity contribution is 1.38. The number of thiazole rings is 1. The van der Waals surface area contributed by atoms with E-state index in [-0.39, 0.29) is 0 Å². The number of anilines is 2. The van der Waals surface area contributed by atoms with Crippen molar-refractivity contribution in [1.82, 2.24) is 4.98 Å². The monoisotopic (exact) mass is 342 g/mol. The second-order valence-corrected chi connectivity index (χ2v) is 6.83. The first-order valence-corrected chi connectivity index (χ1v) is 9.11. The van der Waals surface area contributed by atoms with Crippen LogP contribution < -0.4 is 5.32 Å². The van der Waals surface area contributed by atoms with Crippen LogP contribution in [0.25, 0.3) is 22.4 Å². The van der Waals surface area contributed by atoms with Crippen LogP contribution in [0.15, 0.2) is 84.2 Å². The molecular weight excluding hydrogens is 324 g/mol. The number of hydrogen-bond acceptors (Lipinski definition) is 3. The molecule has 2 nitrogen and oxygen atoms in total. The fourth-order valence-electron chi connectivity index (χ4n) is 2.69. The number of nitrogens with zero attached hydrogens (tertiary/aromatic N) is 1. The molecular formula is C22H18N2S. The summed E-state index contributed by atoms with van der Waals surface area (Å²) < 4.78 is 0. The van der Waals surface area contributed by atoms with Gasteiger partial charge in [-0.1, -0.05) is 72.3 Å². The fraction of sp³-hybridized carbons (Fsp3) is 0.0455. The lowest BCUT2D eigenvalue weighted by Crippen LogP contribution is -1.89. The number of aromatic nitrogens is 1. The Morgan fingerprint density at radius 1 is 0.720 bits per heavy atom. The van der Waals surface area contributed by atoms with E-state index in [9.17, 15) is 0 Å². The molecule has 25 heavy (non-hydrogen) atoms. The van der Waals surface area contributed by atoms with Gasteiger partial charge in [0.1, 0.15) is 0 Å². The summed E-state index contributed by atoms with van der Waals surface area (Å²) in [4.78, 5) is 4.71. The van der Waals surface area contributed by atoms with E-state index in [2.05, 4.69) is 90.4 Å². The Labute approximate surface area is 151 Å². The zero-order valence-corrected chi connectivity index (χ0v) is 14.8. The van der Waals surface area contributed by atoms with Crippen molar-refractivity contribution < 1.29 is 0 Å². The molecule has 4 aromatic rings. The number of nitrogens with one attached hydrogen (secondary N) is 1. The van der Waals surface area contributed by atoms with Crippen LogP contribution in [0.5, 0.6) is 0 Å². The second kappa shape index (κ2) is 6.91. The Morgan fingerprint density at radius 2 is 1.36 bits per heavy atom. The van der Waals surface area contributed by atoms with E-state index in [1.165, 1.54) is 16.7 Å². The van der Waals surface area contributed by atoms with E-state index in [1.807, 2.05) is 6.07 Å². The van der Waals surface area contributed by atoms with Gasteiger partial charge in [0.2, 0.25) is 0 Å². The van der Waals surface area contributed by atoms with Crippen molar-refractivity contribution in [3.05, 3.63) is 89.8 Å². The molecule has 1 aromatic heterocycles. The van der Waals surface area contributed by atoms with E-state index in [0.29, 0.717) is 0 Å². The summed E-state index contributed by atoms with van der Waals surface area (Å²) in [7, 11) is 0. The molecule has 0 aliphatic heterocycles. The molecule has 0 spiro atoms. The van der Waals surface area contributed by atoms with Gasteiger partial charge in [0.25, 0.3) is 0 Å². The van der Waals surface area contributed by atoms with Crippen LogP contribution in [0.3, 0.4) is 0 Å². The first-order chi connectivity index (χ1) is 12.3. The zero-order valence-electron chi connectivity index (χ0n) is 13.9. The quantitative estimate of drug-likeness (QED) is 0.456. The molecule has 0 bridgehead atoms. The summed E-state index contributed by atoms with van der Waals surface area (Å²) in [6.45, 7) is 2.09.